The number of amides is 1. The molecule has 1 aromatic rings. The summed E-state index contributed by atoms with van der Waals surface area (Å²) < 4.78 is 5.54. The number of nitrogens with one attached hydrogen (secondary N) is 1. The standard InChI is InChI=1S/C17H25NO3/c1-13(2)10-11-18-17(20)5-4-12-21-16-8-6-15(7-9-16)14(3)19/h6-9,13H,4-5,10-12H2,1-3H3,(H,18,20). The zero-order valence-corrected chi connectivity index (χ0v) is 13.1. The van der Waals surface area contributed by atoms with Crippen LogP contribution in [0.1, 0.15) is 50.4 Å². The lowest BCUT2D eigenvalue weighted by molar-refractivity contribution is -0.121. The van der Waals surface area contributed by atoms with E-state index >= 15 is 0 Å². The van der Waals surface area contributed by atoms with Gasteiger partial charge in [0.05, 0.1) is 6.61 Å². The molecule has 0 bridgehead atoms. The molecule has 0 spiro atoms. The third-order valence-corrected chi connectivity index (χ3v) is 3.12. The molecule has 0 atom stereocenters. The minimum Gasteiger partial charge on any atom is -0.494 e. The summed E-state index contributed by atoms with van der Waals surface area (Å²) in [4.78, 5) is 22.7. The average Bonchev–Trinajstić information content (AvgIpc) is 2.43. The van der Waals surface area contributed by atoms with Crippen LogP contribution in [0.3, 0.4) is 0 Å². The van der Waals surface area contributed by atoms with E-state index in [0.29, 0.717) is 30.9 Å². The molecule has 0 heterocycles. The monoisotopic (exact) mass is 291 g/mol. The van der Waals surface area contributed by atoms with E-state index in [-0.39, 0.29) is 11.7 Å². The largest absolute Gasteiger partial charge is 0.494 e. The molecule has 4 heteroatoms. The van der Waals surface area contributed by atoms with E-state index in [9.17, 15) is 9.59 Å². The van der Waals surface area contributed by atoms with Crippen LogP contribution in [0.15, 0.2) is 24.3 Å². The predicted octanol–water partition coefficient (Wildman–Crippen LogP) is 3.21. The quantitative estimate of drug-likeness (QED) is 0.561. The highest BCUT2D eigenvalue weighted by Gasteiger charge is 2.03. The minimum atomic E-state index is 0.0413. The van der Waals surface area contributed by atoms with Gasteiger partial charge in [0.15, 0.2) is 5.78 Å². The molecule has 0 saturated heterocycles. The van der Waals surface area contributed by atoms with Gasteiger partial charge in [0.25, 0.3) is 0 Å². The number of hydrogen-bond donors (Lipinski definition) is 1. The van der Waals surface area contributed by atoms with E-state index in [2.05, 4.69) is 19.2 Å². The van der Waals surface area contributed by atoms with Gasteiger partial charge in [-0.05, 0) is 49.9 Å². The molecule has 0 unspecified atom stereocenters. The first-order valence-corrected chi connectivity index (χ1v) is 7.49. The lowest BCUT2D eigenvalue weighted by atomic mass is 10.1. The van der Waals surface area contributed by atoms with E-state index in [1.165, 1.54) is 6.92 Å². The highest BCUT2D eigenvalue weighted by atomic mass is 16.5. The molecule has 0 aliphatic rings. The summed E-state index contributed by atoms with van der Waals surface area (Å²) in [6.45, 7) is 7.05. The summed E-state index contributed by atoms with van der Waals surface area (Å²) in [7, 11) is 0. The van der Waals surface area contributed by atoms with E-state index < -0.39 is 0 Å². The molecule has 0 aliphatic heterocycles. The van der Waals surface area contributed by atoms with Crippen LogP contribution in [0, 0.1) is 5.92 Å². The van der Waals surface area contributed by atoms with Gasteiger partial charge < -0.3 is 10.1 Å². The van der Waals surface area contributed by atoms with Crippen molar-refractivity contribution in [2.24, 2.45) is 5.92 Å². The summed E-state index contributed by atoms with van der Waals surface area (Å²) in [5.74, 6) is 1.44. The summed E-state index contributed by atoms with van der Waals surface area (Å²) >= 11 is 0. The van der Waals surface area contributed by atoms with Crippen molar-refractivity contribution >= 4 is 11.7 Å². The molecule has 0 aromatic heterocycles. The first kappa shape index (κ1) is 17.2. The van der Waals surface area contributed by atoms with Gasteiger partial charge in [0.1, 0.15) is 5.75 Å². The number of benzene rings is 1. The Morgan fingerprint density at radius 3 is 2.43 bits per heavy atom. The number of carbonyl (C=O) groups is 2. The fourth-order valence-electron chi connectivity index (χ4n) is 1.80. The second-order valence-electron chi connectivity index (χ2n) is 5.57. The third-order valence-electron chi connectivity index (χ3n) is 3.12. The molecule has 1 N–H and O–H groups in total. The highest BCUT2D eigenvalue weighted by molar-refractivity contribution is 5.94. The van der Waals surface area contributed by atoms with E-state index in [1.54, 1.807) is 24.3 Å². The van der Waals surface area contributed by atoms with Crippen LogP contribution >= 0.6 is 0 Å². The molecular formula is C17H25NO3. The van der Waals surface area contributed by atoms with Gasteiger partial charge in [-0.25, -0.2) is 0 Å². The number of carbonyl (C=O) groups excluding carboxylic acids is 2. The molecule has 0 fully saturated rings. The van der Waals surface area contributed by atoms with Crippen LogP contribution in [0.4, 0.5) is 0 Å². The van der Waals surface area contributed by atoms with Gasteiger partial charge in [-0.15, -0.1) is 0 Å². The van der Waals surface area contributed by atoms with Crippen molar-refractivity contribution in [1.29, 1.82) is 0 Å². The van der Waals surface area contributed by atoms with E-state index in [4.69, 9.17) is 4.74 Å². The van der Waals surface area contributed by atoms with Crippen LogP contribution in [-0.4, -0.2) is 24.8 Å². The van der Waals surface area contributed by atoms with Crippen LogP contribution < -0.4 is 10.1 Å². The number of rotatable bonds is 9. The minimum absolute atomic E-state index is 0.0413. The highest BCUT2D eigenvalue weighted by Crippen LogP contribution is 2.13. The molecule has 0 radical (unpaired) electrons. The zero-order valence-electron chi connectivity index (χ0n) is 13.1. The summed E-state index contributed by atoms with van der Waals surface area (Å²) in [5.41, 5.74) is 0.673. The number of ketones is 1. The Morgan fingerprint density at radius 2 is 1.86 bits per heavy atom. The van der Waals surface area contributed by atoms with Crippen LogP contribution in [0.25, 0.3) is 0 Å². The summed E-state index contributed by atoms with van der Waals surface area (Å²) in [5, 5.41) is 2.90. The third kappa shape index (κ3) is 7.49. The number of ether oxygens (including phenoxy) is 1. The van der Waals surface area contributed by atoms with Crippen LogP contribution in [0.2, 0.25) is 0 Å². The van der Waals surface area contributed by atoms with Crippen molar-refractivity contribution in [2.45, 2.75) is 40.0 Å². The molecule has 0 saturated carbocycles. The van der Waals surface area contributed by atoms with Crippen molar-refractivity contribution in [3.8, 4) is 5.75 Å². The Kier molecular flexibility index (Phi) is 7.51. The Morgan fingerprint density at radius 1 is 1.19 bits per heavy atom. The van der Waals surface area contributed by atoms with Crippen LogP contribution in [0.5, 0.6) is 5.75 Å². The van der Waals surface area contributed by atoms with Crippen molar-refractivity contribution in [1.82, 2.24) is 5.32 Å². The molecule has 1 rings (SSSR count). The maximum absolute atomic E-state index is 11.6. The maximum Gasteiger partial charge on any atom is 0.220 e. The first-order valence-electron chi connectivity index (χ1n) is 7.49. The average molecular weight is 291 g/mol. The molecule has 21 heavy (non-hydrogen) atoms. The Hall–Kier alpha value is -1.84. The summed E-state index contributed by atoms with van der Waals surface area (Å²) in [6, 6.07) is 7.05. The van der Waals surface area contributed by atoms with Crippen molar-refractivity contribution in [3.05, 3.63) is 29.8 Å². The Labute approximate surface area is 126 Å². The van der Waals surface area contributed by atoms with Crippen molar-refractivity contribution in [3.63, 3.8) is 0 Å². The Bertz CT molecular complexity index is 452. The second kappa shape index (κ2) is 9.16. The topological polar surface area (TPSA) is 55.4 Å². The Balaban J connectivity index is 2.16. The van der Waals surface area contributed by atoms with Gasteiger partial charge in [-0.3, -0.25) is 9.59 Å². The predicted molar refractivity (Wildman–Crippen MR) is 83.6 cm³/mol. The lowest BCUT2D eigenvalue weighted by Gasteiger charge is -2.08. The van der Waals surface area contributed by atoms with Gasteiger partial charge in [0, 0.05) is 18.5 Å². The maximum atomic E-state index is 11.6. The van der Waals surface area contributed by atoms with E-state index in [1.807, 2.05) is 0 Å². The molecule has 116 valence electrons. The zero-order chi connectivity index (χ0) is 15.7. The fraction of sp³-hybridized carbons (Fsp3) is 0.529. The normalized spacial score (nSPS) is 10.5. The smallest absolute Gasteiger partial charge is 0.220 e. The molecule has 4 nitrogen and oxygen atoms in total. The second-order valence-corrected chi connectivity index (χ2v) is 5.57. The molecule has 1 aromatic carbocycles. The molecule has 1 amide bonds. The van der Waals surface area contributed by atoms with Crippen molar-refractivity contribution < 1.29 is 14.3 Å². The van der Waals surface area contributed by atoms with Gasteiger partial charge in [-0.2, -0.15) is 0 Å². The van der Waals surface area contributed by atoms with Crippen molar-refractivity contribution in [2.75, 3.05) is 13.2 Å². The SMILES string of the molecule is CC(=O)c1ccc(OCCCC(=O)NCCC(C)C)cc1. The summed E-state index contributed by atoms with van der Waals surface area (Å²) in [6.07, 6.45) is 2.16. The number of Topliss-reactive ketones (excluding diaryl/α,β-unsaturated/α-hetero) is 1. The van der Waals surface area contributed by atoms with E-state index in [0.717, 1.165) is 18.7 Å². The van der Waals surface area contributed by atoms with Crippen LogP contribution in [-0.2, 0) is 4.79 Å². The van der Waals surface area contributed by atoms with Gasteiger partial charge in [-0.1, -0.05) is 13.8 Å². The first-order chi connectivity index (χ1) is 9.99. The number of hydrogen-bond acceptors (Lipinski definition) is 3. The van der Waals surface area contributed by atoms with Gasteiger partial charge in [0.2, 0.25) is 5.91 Å². The lowest BCUT2D eigenvalue weighted by Crippen LogP contribution is -2.25. The fourth-order valence-corrected chi connectivity index (χ4v) is 1.80. The van der Waals surface area contributed by atoms with Gasteiger partial charge >= 0.3 is 0 Å². The molecule has 0 aliphatic carbocycles. The molecular weight excluding hydrogens is 266 g/mol.